The quantitative estimate of drug-likeness (QED) is 0.546. The zero-order chi connectivity index (χ0) is 26.7. The molecule has 2 unspecified atom stereocenters. The van der Waals surface area contributed by atoms with Crippen LogP contribution in [0.2, 0.25) is 0 Å². The zero-order valence-electron chi connectivity index (χ0n) is 21.9. The Morgan fingerprint density at radius 1 is 1.22 bits per heavy atom. The van der Waals surface area contributed by atoms with Crippen LogP contribution in [0, 0.1) is 11.3 Å². The normalized spacial score (nSPS) is 18.9. The smallest absolute Gasteiger partial charge is 0.407 e. The number of methoxy groups -OCH3 is 1. The average molecular weight is 504 g/mol. The first-order chi connectivity index (χ1) is 17.8. The highest BCUT2D eigenvalue weighted by molar-refractivity contribution is 5.86. The molecule has 1 N–H and O–H groups in total. The minimum atomic E-state index is -0.451. The largest absolute Gasteiger partial charge is 0.453 e. The van der Waals surface area contributed by atoms with Crippen molar-refractivity contribution in [2.24, 2.45) is 7.05 Å². The predicted molar refractivity (Wildman–Crippen MR) is 141 cm³/mol. The van der Waals surface area contributed by atoms with Crippen molar-refractivity contribution in [2.45, 2.75) is 51.9 Å². The molecule has 1 fully saturated rings. The lowest BCUT2D eigenvalue weighted by atomic mass is 9.98. The van der Waals surface area contributed by atoms with Crippen molar-refractivity contribution in [3.8, 4) is 6.07 Å². The number of nitrogens with one attached hydrogen (secondary N) is 1. The molecule has 1 aromatic carbocycles. The SMILES string of the molecule is CC[C@@H]1CN(c2nc(=O)n(C)c3ccc(C#N)nc23)C(C)CN1C(C)c1ccc(CNC(=O)OC)cc1. The van der Waals surface area contributed by atoms with E-state index in [1.165, 1.54) is 17.2 Å². The van der Waals surface area contributed by atoms with Gasteiger partial charge in [-0.25, -0.2) is 14.6 Å². The van der Waals surface area contributed by atoms with Crippen molar-refractivity contribution in [3.63, 3.8) is 0 Å². The highest BCUT2D eigenvalue weighted by Crippen LogP contribution is 2.32. The molecule has 37 heavy (non-hydrogen) atoms. The lowest BCUT2D eigenvalue weighted by molar-refractivity contribution is 0.106. The Morgan fingerprint density at radius 3 is 2.59 bits per heavy atom. The van der Waals surface area contributed by atoms with Gasteiger partial charge in [-0.2, -0.15) is 10.2 Å². The second-order valence-corrected chi connectivity index (χ2v) is 9.48. The Labute approximate surface area is 216 Å². The summed E-state index contributed by atoms with van der Waals surface area (Å²) in [5, 5.41) is 12.1. The maximum atomic E-state index is 12.7. The van der Waals surface area contributed by atoms with E-state index in [2.05, 4.69) is 68.8 Å². The number of aromatic nitrogens is 3. The Hall–Kier alpha value is -3.97. The van der Waals surface area contributed by atoms with Crippen molar-refractivity contribution >= 4 is 22.9 Å². The first-order valence-corrected chi connectivity index (χ1v) is 12.5. The van der Waals surface area contributed by atoms with E-state index in [1.807, 2.05) is 12.1 Å². The first-order valence-electron chi connectivity index (χ1n) is 12.5. The van der Waals surface area contributed by atoms with Gasteiger partial charge < -0.3 is 15.0 Å². The molecule has 0 spiro atoms. The number of carbonyl (C=O) groups excluding carboxylic acids is 1. The molecule has 1 aliphatic rings. The molecule has 0 aliphatic carbocycles. The first kappa shape index (κ1) is 26.1. The number of nitriles is 1. The number of anilines is 1. The van der Waals surface area contributed by atoms with E-state index in [0.717, 1.165) is 18.5 Å². The maximum Gasteiger partial charge on any atom is 0.407 e. The fourth-order valence-corrected chi connectivity index (χ4v) is 5.02. The Morgan fingerprint density at radius 2 is 1.95 bits per heavy atom. The minimum absolute atomic E-state index is 0.0733. The molecule has 3 atom stereocenters. The number of ether oxygens (including phenoxy) is 1. The molecule has 0 radical (unpaired) electrons. The van der Waals surface area contributed by atoms with Gasteiger partial charge in [-0.05, 0) is 43.5 Å². The number of amides is 1. The summed E-state index contributed by atoms with van der Waals surface area (Å²) in [4.78, 5) is 37.6. The molecule has 3 aromatic rings. The Bertz CT molecular complexity index is 1380. The summed E-state index contributed by atoms with van der Waals surface area (Å²) in [5.74, 6) is 0.538. The molecule has 1 saturated heterocycles. The van der Waals surface area contributed by atoms with Crippen LogP contribution < -0.4 is 15.9 Å². The maximum absolute atomic E-state index is 12.7. The van der Waals surface area contributed by atoms with E-state index in [-0.39, 0.29) is 23.8 Å². The van der Waals surface area contributed by atoms with Gasteiger partial charge in [0.15, 0.2) is 5.82 Å². The van der Waals surface area contributed by atoms with Crippen LogP contribution in [0.3, 0.4) is 0 Å². The number of piperazine rings is 1. The summed E-state index contributed by atoms with van der Waals surface area (Å²) in [6, 6.07) is 14.2. The van der Waals surface area contributed by atoms with Crippen molar-refractivity contribution in [3.05, 3.63) is 63.7 Å². The van der Waals surface area contributed by atoms with Gasteiger partial charge in [0.2, 0.25) is 0 Å². The van der Waals surface area contributed by atoms with Gasteiger partial charge in [-0.1, -0.05) is 31.2 Å². The van der Waals surface area contributed by atoms with E-state index < -0.39 is 6.09 Å². The second kappa shape index (κ2) is 11.0. The zero-order valence-corrected chi connectivity index (χ0v) is 21.9. The fraction of sp³-hybridized carbons (Fsp3) is 0.444. The number of rotatable bonds is 6. The van der Waals surface area contributed by atoms with E-state index in [0.29, 0.717) is 35.6 Å². The number of fused-ring (bicyclic) bond motifs is 1. The lowest BCUT2D eigenvalue weighted by Crippen LogP contribution is -2.58. The van der Waals surface area contributed by atoms with Gasteiger partial charge in [0.25, 0.3) is 0 Å². The summed E-state index contributed by atoms with van der Waals surface area (Å²) < 4.78 is 6.10. The van der Waals surface area contributed by atoms with Crippen molar-refractivity contribution < 1.29 is 9.53 Å². The van der Waals surface area contributed by atoms with Crippen LogP contribution in [0.4, 0.5) is 10.6 Å². The highest BCUT2D eigenvalue weighted by Gasteiger charge is 2.35. The van der Waals surface area contributed by atoms with E-state index >= 15 is 0 Å². The molecule has 2 aromatic heterocycles. The Balaban J connectivity index is 1.59. The highest BCUT2D eigenvalue weighted by atomic mass is 16.5. The minimum Gasteiger partial charge on any atom is -0.453 e. The fourth-order valence-electron chi connectivity index (χ4n) is 5.02. The summed E-state index contributed by atoms with van der Waals surface area (Å²) in [6.07, 6.45) is 0.474. The van der Waals surface area contributed by atoms with Crippen LogP contribution in [-0.2, 0) is 18.3 Å². The van der Waals surface area contributed by atoms with Crippen LogP contribution in [0.5, 0.6) is 0 Å². The average Bonchev–Trinajstić information content (AvgIpc) is 2.93. The lowest BCUT2D eigenvalue weighted by Gasteiger charge is -2.48. The number of hydrogen-bond acceptors (Lipinski definition) is 8. The number of benzene rings is 1. The number of aryl methyl sites for hydroxylation is 1. The molecule has 10 heteroatoms. The van der Waals surface area contributed by atoms with Crippen LogP contribution >= 0.6 is 0 Å². The molecule has 1 amide bonds. The number of alkyl carbamates (subject to hydrolysis) is 1. The summed E-state index contributed by atoms with van der Waals surface area (Å²) in [7, 11) is 3.02. The van der Waals surface area contributed by atoms with Crippen LogP contribution in [0.1, 0.15) is 50.1 Å². The van der Waals surface area contributed by atoms with Gasteiger partial charge in [0.05, 0.1) is 12.6 Å². The van der Waals surface area contributed by atoms with Gasteiger partial charge in [-0.15, -0.1) is 0 Å². The van der Waals surface area contributed by atoms with Crippen molar-refractivity contribution in [2.75, 3.05) is 25.1 Å². The number of nitrogens with zero attached hydrogens (tertiary/aromatic N) is 6. The molecule has 4 rings (SSSR count). The molecule has 10 nitrogen and oxygen atoms in total. The van der Waals surface area contributed by atoms with Crippen molar-refractivity contribution in [1.82, 2.24) is 24.8 Å². The molecular formula is C27H33N7O3. The monoisotopic (exact) mass is 503 g/mol. The predicted octanol–water partition coefficient (Wildman–Crippen LogP) is 3.11. The summed E-state index contributed by atoms with van der Waals surface area (Å²) in [5.41, 5.74) is 3.38. The molecule has 0 saturated carbocycles. The summed E-state index contributed by atoms with van der Waals surface area (Å²) in [6.45, 7) is 8.39. The molecule has 1 aliphatic heterocycles. The second-order valence-electron chi connectivity index (χ2n) is 9.48. The van der Waals surface area contributed by atoms with E-state index in [9.17, 15) is 14.9 Å². The van der Waals surface area contributed by atoms with E-state index in [1.54, 1.807) is 19.2 Å². The molecule has 0 bridgehead atoms. The van der Waals surface area contributed by atoms with Gasteiger partial charge in [0, 0.05) is 44.8 Å². The third-order valence-corrected chi connectivity index (χ3v) is 7.26. The van der Waals surface area contributed by atoms with Crippen LogP contribution in [0.25, 0.3) is 11.0 Å². The van der Waals surface area contributed by atoms with E-state index in [4.69, 9.17) is 0 Å². The molecule has 194 valence electrons. The molecule has 3 heterocycles. The topological polar surface area (TPSA) is 116 Å². The van der Waals surface area contributed by atoms with Gasteiger partial charge in [0.1, 0.15) is 17.3 Å². The summed E-state index contributed by atoms with van der Waals surface area (Å²) >= 11 is 0. The van der Waals surface area contributed by atoms with Gasteiger partial charge >= 0.3 is 11.8 Å². The molecular weight excluding hydrogens is 470 g/mol. The third kappa shape index (κ3) is 5.27. The number of pyridine rings is 1. The van der Waals surface area contributed by atoms with Crippen molar-refractivity contribution in [1.29, 1.82) is 5.26 Å². The van der Waals surface area contributed by atoms with Crippen LogP contribution in [-0.4, -0.2) is 57.8 Å². The third-order valence-electron chi connectivity index (χ3n) is 7.26. The number of hydrogen-bond donors (Lipinski definition) is 1. The number of carbonyl (C=O) groups is 1. The Kier molecular flexibility index (Phi) is 7.74. The standard InChI is InChI=1S/C27H33N7O3/c1-6-22-16-33(25-24-23(32(4)26(35)31-25)12-11-21(13-28)30-24)17(2)15-34(22)18(3)20-9-7-19(8-10-20)14-29-27(36)37-5/h7-12,17-18,22H,6,14-16H2,1-5H3,(H,29,36)/t17?,18?,22-/m1/s1. The van der Waals surface area contributed by atoms with Gasteiger partial charge in [-0.3, -0.25) is 9.47 Å². The van der Waals surface area contributed by atoms with Crippen LogP contribution in [0.15, 0.2) is 41.2 Å².